The number of hydrogen-bond donors (Lipinski definition) is 0. The van der Waals surface area contributed by atoms with E-state index in [4.69, 9.17) is 28.4 Å². The Kier molecular flexibility index (Phi) is 14.8. The molecule has 0 aromatic rings. The molecule has 10 heteroatoms. The number of methoxy groups -OCH3 is 1. The van der Waals surface area contributed by atoms with E-state index in [2.05, 4.69) is 26.3 Å². The molecule has 0 bridgehead atoms. The predicted molar refractivity (Wildman–Crippen MR) is 122 cm³/mol. The molecule has 0 saturated carbocycles. The highest BCUT2D eigenvalue weighted by atomic mass is 16.6. The minimum Gasteiger partial charge on any atom is -0.462 e. The van der Waals surface area contributed by atoms with E-state index >= 15 is 0 Å². The Bertz CT molecular complexity index is 692. The third-order valence-corrected chi connectivity index (χ3v) is 4.77. The second-order valence-corrected chi connectivity index (χ2v) is 7.53. The summed E-state index contributed by atoms with van der Waals surface area (Å²) >= 11 is 0. The lowest BCUT2D eigenvalue weighted by Crippen LogP contribution is -2.44. The van der Waals surface area contributed by atoms with Crippen LogP contribution < -0.4 is 0 Å². The van der Waals surface area contributed by atoms with Gasteiger partial charge in [-0.2, -0.15) is 0 Å². The van der Waals surface area contributed by atoms with Gasteiger partial charge >= 0.3 is 23.9 Å². The average molecular weight is 483 g/mol. The molecule has 0 spiro atoms. The van der Waals surface area contributed by atoms with E-state index < -0.39 is 34.7 Å². The molecule has 0 rings (SSSR count). The molecule has 0 atom stereocenters. The Morgan fingerprint density at radius 3 is 1.21 bits per heavy atom. The van der Waals surface area contributed by atoms with E-state index in [-0.39, 0.29) is 46.2 Å². The van der Waals surface area contributed by atoms with Crippen LogP contribution in [0.4, 0.5) is 0 Å². The smallest absolute Gasteiger partial charge is 0.330 e. The summed E-state index contributed by atoms with van der Waals surface area (Å²) in [6, 6.07) is 0. The summed E-state index contributed by atoms with van der Waals surface area (Å²) in [6.45, 7) is 14.5. The molecular weight excluding hydrogens is 448 g/mol. The number of hydrogen-bond acceptors (Lipinski definition) is 10. The number of ether oxygens (including phenoxy) is 6. The summed E-state index contributed by atoms with van der Waals surface area (Å²) in [5, 5.41) is 0. The number of carbonyl (C=O) groups is 4. The fourth-order valence-electron chi connectivity index (χ4n) is 2.60. The van der Waals surface area contributed by atoms with Gasteiger partial charge in [-0.25, -0.2) is 19.2 Å². The van der Waals surface area contributed by atoms with Crippen LogP contribution in [0.1, 0.15) is 13.3 Å². The molecule has 190 valence electrons. The lowest BCUT2D eigenvalue weighted by molar-refractivity contribution is -0.161. The lowest BCUT2D eigenvalue weighted by Gasteiger charge is -2.35. The fraction of sp³-hybridized carbons (Fsp3) is 0.500. The van der Waals surface area contributed by atoms with Crippen LogP contribution in [0.15, 0.2) is 50.6 Å². The Morgan fingerprint density at radius 2 is 0.912 bits per heavy atom. The zero-order valence-corrected chi connectivity index (χ0v) is 19.9. The third-order valence-electron chi connectivity index (χ3n) is 4.77. The number of esters is 4. The molecule has 0 aliphatic rings. The van der Waals surface area contributed by atoms with Gasteiger partial charge < -0.3 is 28.4 Å². The summed E-state index contributed by atoms with van der Waals surface area (Å²) in [5.41, 5.74) is -1.97. The zero-order valence-electron chi connectivity index (χ0n) is 19.9. The molecule has 0 heterocycles. The molecular formula is C24H34O10. The van der Waals surface area contributed by atoms with Crippen molar-refractivity contribution in [2.45, 2.75) is 13.3 Å². The molecule has 0 aliphatic heterocycles. The van der Waals surface area contributed by atoms with Gasteiger partial charge in [0, 0.05) is 31.4 Å². The maximum absolute atomic E-state index is 11.6. The standard InChI is InChI=1S/C24H34O10/c1-7-19(25)31-15-23(11-5,16-32-20(26)8-2)13-30-14-24(12-29-6,17-33-21(27)9-3)18-34-22(28)10-4/h7-10H,1-4,11-18H2,5-6H3. The molecule has 34 heavy (non-hydrogen) atoms. The lowest BCUT2D eigenvalue weighted by atomic mass is 9.87. The second kappa shape index (κ2) is 16.4. The van der Waals surface area contributed by atoms with Crippen LogP contribution in [0.2, 0.25) is 0 Å². The Hall–Kier alpha value is -3.24. The van der Waals surface area contributed by atoms with Gasteiger partial charge in [0.1, 0.15) is 26.4 Å². The highest BCUT2D eigenvalue weighted by molar-refractivity contribution is 5.82. The van der Waals surface area contributed by atoms with Crippen molar-refractivity contribution in [1.82, 2.24) is 0 Å². The van der Waals surface area contributed by atoms with E-state index in [1.165, 1.54) is 7.11 Å². The highest BCUT2D eigenvalue weighted by Crippen LogP contribution is 2.27. The summed E-state index contributed by atoms with van der Waals surface area (Å²) in [4.78, 5) is 46.5. The summed E-state index contributed by atoms with van der Waals surface area (Å²) < 4.78 is 31.9. The van der Waals surface area contributed by atoms with Gasteiger partial charge in [-0.15, -0.1) is 0 Å². The van der Waals surface area contributed by atoms with Crippen LogP contribution in [-0.2, 0) is 47.6 Å². The second-order valence-electron chi connectivity index (χ2n) is 7.53. The molecule has 0 N–H and O–H groups in total. The maximum Gasteiger partial charge on any atom is 0.330 e. The largest absolute Gasteiger partial charge is 0.462 e. The van der Waals surface area contributed by atoms with Crippen LogP contribution in [0.3, 0.4) is 0 Å². The normalized spacial score (nSPS) is 11.0. The van der Waals surface area contributed by atoms with E-state index in [0.717, 1.165) is 24.3 Å². The number of carbonyl (C=O) groups excluding carboxylic acids is 4. The molecule has 10 nitrogen and oxygen atoms in total. The number of rotatable bonds is 19. The molecule has 0 aromatic carbocycles. The first-order chi connectivity index (χ1) is 16.1. The fourth-order valence-corrected chi connectivity index (χ4v) is 2.60. The zero-order chi connectivity index (χ0) is 26.0. The summed E-state index contributed by atoms with van der Waals surface area (Å²) in [5.74, 6) is -2.64. The van der Waals surface area contributed by atoms with Gasteiger partial charge in [-0.05, 0) is 6.42 Å². The minimum absolute atomic E-state index is 0.0118. The van der Waals surface area contributed by atoms with Gasteiger partial charge in [-0.3, -0.25) is 0 Å². The van der Waals surface area contributed by atoms with Crippen molar-refractivity contribution >= 4 is 23.9 Å². The van der Waals surface area contributed by atoms with E-state index in [1.54, 1.807) is 0 Å². The molecule has 0 fully saturated rings. The first-order valence-electron chi connectivity index (χ1n) is 10.4. The first kappa shape index (κ1) is 30.8. The summed E-state index contributed by atoms with van der Waals surface area (Å²) in [7, 11) is 1.43. The quantitative estimate of drug-likeness (QED) is 0.153. The highest BCUT2D eigenvalue weighted by Gasteiger charge is 2.37. The molecule has 0 amide bonds. The van der Waals surface area contributed by atoms with Crippen LogP contribution in [-0.4, -0.2) is 77.2 Å². The Morgan fingerprint density at radius 1 is 0.588 bits per heavy atom. The van der Waals surface area contributed by atoms with Crippen LogP contribution >= 0.6 is 0 Å². The van der Waals surface area contributed by atoms with Gasteiger partial charge in [0.25, 0.3) is 0 Å². The Labute approximate surface area is 200 Å². The minimum atomic E-state index is -1.07. The third kappa shape index (κ3) is 11.6. The van der Waals surface area contributed by atoms with Crippen molar-refractivity contribution in [3.63, 3.8) is 0 Å². The van der Waals surface area contributed by atoms with Crippen molar-refractivity contribution in [1.29, 1.82) is 0 Å². The van der Waals surface area contributed by atoms with Gasteiger partial charge in [-0.1, -0.05) is 33.2 Å². The molecule has 0 aliphatic carbocycles. The van der Waals surface area contributed by atoms with Crippen molar-refractivity contribution in [2.24, 2.45) is 10.8 Å². The van der Waals surface area contributed by atoms with Crippen LogP contribution in [0, 0.1) is 10.8 Å². The van der Waals surface area contributed by atoms with Crippen molar-refractivity contribution < 1.29 is 47.6 Å². The molecule has 0 saturated heterocycles. The summed E-state index contributed by atoms with van der Waals surface area (Å²) in [6.07, 6.45) is 4.44. The van der Waals surface area contributed by atoms with Crippen molar-refractivity contribution in [2.75, 3.05) is 53.4 Å². The van der Waals surface area contributed by atoms with Crippen LogP contribution in [0.5, 0.6) is 0 Å². The van der Waals surface area contributed by atoms with E-state index in [0.29, 0.717) is 6.42 Å². The van der Waals surface area contributed by atoms with Crippen molar-refractivity contribution in [3.8, 4) is 0 Å². The van der Waals surface area contributed by atoms with Crippen molar-refractivity contribution in [3.05, 3.63) is 50.6 Å². The SMILES string of the molecule is C=CC(=O)OCC(CC)(COCC(COC)(COC(=O)C=C)COC(=O)C=C)COC(=O)C=C. The maximum atomic E-state index is 11.6. The Balaban J connectivity index is 5.63. The molecule has 0 aromatic heterocycles. The van der Waals surface area contributed by atoms with Gasteiger partial charge in [0.05, 0.1) is 30.7 Å². The van der Waals surface area contributed by atoms with Crippen LogP contribution in [0.25, 0.3) is 0 Å². The topological polar surface area (TPSA) is 124 Å². The van der Waals surface area contributed by atoms with E-state index in [9.17, 15) is 19.2 Å². The predicted octanol–water partition coefficient (Wildman–Crippen LogP) is 1.95. The molecule has 0 radical (unpaired) electrons. The van der Waals surface area contributed by atoms with Gasteiger partial charge in [0.15, 0.2) is 0 Å². The average Bonchev–Trinajstić information content (AvgIpc) is 2.86. The van der Waals surface area contributed by atoms with E-state index in [1.807, 2.05) is 6.92 Å². The monoisotopic (exact) mass is 482 g/mol. The first-order valence-corrected chi connectivity index (χ1v) is 10.4. The van der Waals surface area contributed by atoms with Gasteiger partial charge in [0.2, 0.25) is 0 Å². The molecule has 0 unspecified atom stereocenters.